The third kappa shape index (κ3) is 3.72. The molecule has 3 atom stereocenters. The van der Waals surface area contributed by atoms with Gasteiger partial charge in [0.05, 0.1) is 19.1 Å². The van der Waals surface area contributed by atoms with Crippen LogP contribution in [0.2, 0.25) is 0 Å². The minimum Gasteiger partial charge on any atom is -0.377 e. The first-order valence-corrected chi connectivity index (χ1v) is 8.32. The smallest absolute Gasteiger partial charge is 0.224 e. The maximum Gasteiger partial charge on any atom is 0.224 e. The van der Waals surface area contributed by atoms with Crippen LogP contribution in [0.15, 0.2) is 24.3 Å². The van der Waals surface area contributed by atoms with Gasteiger partial charge in [0.15, 0.2) is 0 Å². The summed E-state index contributed by atoms with van der Waals surface area (Å²) in [4.78, 5) is 15.8. The first kappa shape index (κ1) is 16.4. The lowest BCUT2D eigenvalue weighted by Gasteiger charge is -2.35. The Morgan fingerprint density at radius 2 is 2.17 bits per heavy atom. The Hall–Kier alpha value is -1.46. The number of rotatable bonds is 4. The maximum atomic E-state index is 13.8. The number of amides is 1. The second kappa shape index (κ2) is 6.97. The number of carbonyl (C=O) groups excluding carboxylic acids is 1. The molecule has 0 aliphatic carbocycles. The van der Waals surface area contributed by atoms with Crippen LogP contribution in [0, 0.1) is 17.7 Å². The van der Waals surface area contributed by atoms with Gasteiger partial charge in [0.2, 0.25) is 5.91 Å². The van der Waals surface area contributed by atoms with Crippen molar-refractivity contribution in [3.05, 3.63) is 35.6 Å². The van der Waals surface area contributed by atoms with Crippen LogP contribution in [0.4, 0.5) is 4.39 Å². The van der Waals surface area contributed by atoms with Crippen LogP contribution in [0.3, 0.4) is 0 Å². The molecule has 0 bridgehead atoms. The molecule has 1 amide bonds. The second-order valence-electron chi connectivity index (χ2n) is 6.90. The van der Waals surface area contributed by atoms with Gasteiger partial charge in [-0.3, -0.25) is 9.69 Å². The number of hydrogen-bond acceptors (Lipinski definition) is 3. The molecular formula is C18H25FN2O2. The molecule has 126 valence electrons. The van der Waals surface area contributed by atoms with Gasteiger partial charge in [-0.05, 0) is 24.9 Å². The normalized spacial score (nSPS) is 27.7. The number of fused-ring (bicyclic) bond motifs is 1. The van der Waals surface area contributed by atoms with Crippen LogP contribution in [-0.2, 0) is 16.1 Å². The number of hydrogen-bond donors (Lipinski definition) is 0. The summed E-state index contributed by atoms with van der Waals surface area (Å²) in [6, 6.07) is 6.98. The highest BCUT2D eigenvalue weighted by Crippen LogP contribution is 2.36. The Kier molecular flexibility index (Phi) is 4.97. The number of ether oxygens (including phenoxy) is 1. The van der Waals surface area contributed by atoms with E-state index in [1.54, 1.807) is 25.1 Å². The van der Waals surface area contributed by atoms with Gasteiger partial charge in [-0.2, -0.15) is 0 Å². The summed E-state index contributed by atoms with van der Waals surface area (Å²) in [6.45, 7) is 3.22. The summed E-state index contributed by atoms with van der Waals surface area (Å²) >= 11 is 0. The Morgan fingerprint density at radius 1 is 1.39 bits per heavy atom. The summed E-state index contributed by atoms with van der Waals surface area (Å²) in [7, 11) is 3.57. The Morgan fingerprint density at radius 3 is 2.91 bits per heavy atom. The van der Waals surface area contributed by atoms with Crippen molar-refractivity contribution in [2.75, 3.05) is 33.8 Å². The van der Waals surface area contributed by atoms with Crippen LogP contribution in [0.1, 0.15) is 18.4 Å². The maximum absolute atomic E-state index is 13.8. The van der Waals surface area contributed by atoms with Crippen molar-refractivity contribution in [3.63, 3.8) is 0 Å². The van der Waals surface area contributed by atoms with Crippen LogP contribution in [0.25, 0.3) is 0 Å². The van der Waals surface area contributed by atoms with Crippen molar-refractivity contribution in [1.29, 1.82) is 0 Å². The van der Waals surface area contributed by atoms with Gasteiger partial charge >= 0.3 is 0 Å². The van der Waals surface area contributed by atoms with Gasteiger partial charge in [-0.25, -0.2) is 4.39 Å². The first-order chi connectivity index (χ1) is 11.0. The topological polar surface area (TPSA) is 32.8 Å². The zero-order valence-electron chi connectivity index (χ0n) is 13.9. The molecule has 0 spiro atoms. The highest BCUT2D eigenvalue weighted by molar-refractivity contribution is 5.76. The van der Waals surface area contributed by atoms with Crippen molar-refractivity contribution in [1.82, 2.24) is 9.80 Å². The van der Waals surface area contributed by atoms with E-state index in [0.29, 0.717) is 31.4 Å². The van der Waals surface area contributed by atoms with E-state index in [4.69, 9.17) is 4.74 Å². The number of halogens is 1. The molecule has 5 heteroatoms. The van der Waals surface area contributed by atoms with Gasteiger partial charge in [0, 0.05) is 38.7 Å². The molecule has 1 aromatic rings. The summed E-state index contributed by atoms with van der Waals surface area (Å²) in [5.41, 5.74) is 0.754. The quantitative estimate of drug-likeness (QED) is 0.852. The van der Waals surface area contributed by atoms with Crippen LogP contribution < -0.4 is 0 Å². The van der Waals surface area contributed by atoms with E-state index >= 15 is 0 Å². The van der Waals surface area contributed by atoms with E-state index < -0.39 is 0 Å². The highest BCUT2D eigenvalue weighted by Gasteiger charge is 2.41. The molecular weight excluding hydrogens is 295 g/mol. The fraction of sp³-hybridized carbons (Fsp3) is 0.611. The molecule has 0 saturated carbocycles. The van der Waals surface area contributed by atoms with E-state index in [2.05, 4.69) is 4.90 Å². The fourth-order valence-corrected chi connectivity index (χ4v) is 3.74. The van der Waals surface area contributed by atoms with E-state index in [0.717, 1.165) is 25.1 Å². The SMILES string of the molecule is CN(C)C(=O)C[C@@H]1OC[C@@H]2CN(Cc3ccccc3F)CC[C@@H]21. The lowest BCUT2D eigenvalue weighted by atomic mass is 9.83. The van der Waals surface area contributed by atoms with Crippen LogP contribution >= 0.6 is 0 Å². The molecule has 4 nitrogen and oxygen atoms in total. The molecule has 0 aromatic heterocycles. The van der Waals surface area contributed by atoms with E-state index in [1.165, 1.54) is 6.07 Å². The van der Waals surface area contributed by atoms with Crippen molar-refractivity contribution in [3.8, 4) is 0 Å². The molecule has 0 N–H and O–H groups in total. The third-order valence-electron chi connectivity index (χ3n) is 5.11. The van der Waals surface area contributed by atoms with E-state index in [9.17, 15) is 9.18 Å². The molecule has 2 aliphatic heterocycles. The molecule has 2 fully saturated rings. The number of nitrogens with zero attached hydrogens (tertiary/aromatic N) is 2. The standard InChI is InChI=1S/C18H25FN2O2/c1-20(2)18(22)9-17-15-7-8-21(11-14(15)12-23-17)10-13-5-3-4-6-16(13)19/h3-6,14-15,17H,7-12H2,1-2H3/t14-,15-,17-/m0/s1. The molecule has 0 unspecified atom stereocenters. The van der Waals surface area contributed by atoms with Crippen LogP contribution in [0.5, 0.6) is 0 Å². The van der Waals surface area contributed by atoms with Crippen molar-refractivity contribution in [2.24, 2.45) is 11.8 Å². The summed E-state index contributed by atoms with van der Waals surface area (Å²) in [6.07, 6.45) is 1.54. The summed E-state index contributed by atoms with van der Waals surface area (Å²) < 4.78 is 19.7. The average Bonchev–Trinajstić information content (AvgIpc) is 2.92. The van der Waals surface area contributed by atoms with Gasteiger partial charge < -0.3 is 9.64 Å². The van der Waals surface area contributed by atoms with Crippen molar-refractivity contribution in [2.45, 2.75) is 25.5 Å². The lowest BCUT2D eigenvalue weighted by Crippen LogP contribution is -2.42. The predicted molar refractivity (Wildman–Crippen MR) is 86.3 cm³/mol. The zero-order chi connectivity index (χ0) is 16.4. The van der Waals surface area contributed by atoms with Crippen LogP contribution in [-0.4, -0.2) is 55.6 Å². The summed E-state index contributed by atoms with van der Waals surface area (Å²) in [5, 5.41) is 0. The van der Waals surface area contributed by atoms with Gasteiger partial charge in [0.25, 0.3) is 0 Å². The minimum atomic E-state index is -0.133. The fourth-order valence-electron chi connectivity index (χ4n) is 3.74. The zero-order valence-corrected chi connectivity index (χ0v) is 13.9. The van der Waals surface area contributed by atoms with Gasteiger partial charge in [0.1, 0.15) is 5.82 Å². The van der Waals surface area contributed by atoms with Gasteiger partial charge in [-0.1, -0.05) is 18.2 Å². The van der Waals surface area contributed by atoms with E-state index in [-0.39, 0.29) is 17.8 Å². The van der Waals surface area contributed by atoms with Crippen molar-refractivity contribution < 1.29 is 13.9 Å². The number of piperidine rings is 1. The Balaban J connectivity index is 1.56. The molecule has 2 aliphatic rings. The first-order valence-electron chi connectivity index (χ1n) is 8.32. The van der Waals surface area contributed by atoms with Crippen molar-refractivity contribution >= 4 is 5.91 Å². The predicted octanol–water partition coefficient (Wildman–Crippen LogP) is 2.14. The number of carbonyl (C=O) groups is 1. The highest BCUT2D eigenvalue weighted by atomic mass is 19.1. The average molecular weight is 320 g/mol. The molecule has 1 aromatic carbocycles. The molecule has 2 heterocycles. The Bertz CT molecular complexity index is 564. The number of benzene rings is 1. The number of likely N-dealkylation sites (tertiary alicyclic amines) is 1. The van der Waals surface area contributed by atoms with E-state index in [1.807, 2.05) is 12.1 Å². The molecule has 2 saturated heterocycles. The van der Waals surface area contributed by atoms with Gasteiger partial charge in [-0.15, -0.1) is 0 Å². The lowest BCUT2D eigenvalue weighted by molar-refractivity contribution is -0.131. The summed E-state index contributed by atoms with van der Waals surface area (Å²) in [5.74, 6) is 0.905. The Labute approximate surface area is 137 Å². The monoisotopic (exact) mass is 320 g/mol. The molecule has 0 radical (unpaired) electrons. The minimum absolute atomic E-state index is 0.0468. The molecule has 3 rings (SSSR count). The largest absolute Gasteiger partial charge is 0.377 e. The third-order valence-corrected chi connectivity index (χ3v) is 5.11. The molecule has 23 heavy (non-hydrogen) atoms. The second-order valence-corrected chi connectivity index (χ2v) is 6.90.